The van der Waals surface area contributed by atoms with Gasteiger partial charge in [-0.15, -0.1) is 0 Å². The molecule has 1 aliphatic rings. The molecule has 0 saturated carbocycles. The minimum absolute atomic E-state index is 0.0575. The van der Waals surface area contributed by atoms with Crippen molar-refractivity contribution in [3.05, 3.63) is 12.3 Å². The van der Waals surface area contributed by atoms with Crippen LogP contribution in [0.25, 0.3) is 0 Å². The van der Waals surface area contributed by atoms with Gasteiger partial charge in [0.05, 0.1) is 12.6 Å². The molecular weight excluding hydrogens is 276 g/mol. The molecule has 0 spiro atoms. The van der Waals surface area contributed by atoms with Gasteiger partial charge in [-0.2, -0.15) is 4.98 Å². The van der Waals surface area contributed by atoms with Crippen molar-refractivity contribution in [2.75, 3.05) is 23.4 Å². The van der Waals surface area contributed by atoms with Crippen LogP contribution in [-0.2, 0) is 9.53 Å². The lowest BCUT2D eigenvalue weighted by atomic mass is 10.0. The molecule has 0 bridgehead atoms. The van der Waals surface area contributed by atoms with E-state index in [1.807, 2.05) is 19.3 Å². The minimum atomic E-state index is -0.432. The Hall–Kier alpha value is -2.42. The molecule has 1 saturated heterocycles. The molecule has 0 aliphatic carbocycles. The van der Waals surface area contributed by atoms with Gasteiger partial charge in [-0.3, -0.25) is 15.1 Å². The first-order valence-corrected chi connectivity index (χ1v) is 6.55. The minimum Gasteiger partial charge on any atom is -0.447 e. The lowest BCUT2D eigenvalue weighted by Gasteiger charge is -2.23. The van der Waals surface area contributed by atoms with E-state index in [0.29, 0.717) is 12.4 Å². The Bertz CT molecular complexity index is 535. The van der Waals surface area contributed by atoms with Crippen LogP contribution in [0.5, 0.6) is 0 Å². The van der Waals surface area contributed by atoms with Crippen molar-refractivity contribution in [2.24, 2.45) is 11.8 Å². The highest BCUT2D eigenvalue weighted by Gasteiger charge is 2.37. The van der Waals surface area contributed by atoms with E-state index in [1.54, 1.807) is 6.07 Å². The Labute approximate surface area is 121 Å². The number of nitrogens with zero attached hydrogens (tertiary/aromatic N) is 3. The molecule has 1 aromatic heterocycles. The van der Waals surface area contributed by atoms with E-state index < -0.39 is 12.0 Å². The van der Waals surface area contributed by atoms with Crippen molar-refractivity contribution < 1.29 is 14.3 Å². The Balaban J connectivity index is 2.16. The lowest BCUT2D eigenvalue weighted by Crippen LogP contribution is -2.38. The zero-order chi connectivity index (χ0) is 15.4. The van der Waals surface area contributed by atoms with Gasteiger partial charge in [0.1, 0.15) is 12.4 Å². The van der Waals surface area contributed by atoms with Crippen molar-refractivity contribution >= 4 is 23.8 Å². The number of aromatic nitrogens is 2. The highest BCUT2D eigenvalue weighted by molar-refractivity contribution is 5.89. The summed E-state index contributed by atoms with van der Waals surface area (Å²) in [6.07, 6.45) is 1.08. The van der Waals surface area contributed by atoms with Gasteiger partial charge in [-0.25, -0.2) is 15.6 Å². The van der Waals surface area contributed by atoms with Crippen LogP contribution in [0.2, 0.25) is 0 Å². The van der Waals surface area contributed by atoms with Gasteiger partial charge in [-0.05, 0) is 12.0 Å². The molecule has 2 heterocycles. The second-order valence-corrected chi connectivity index (χ2v) is 4.92. The summed E-state index contributed by atoms with van der Waals surface area (Å²) in [5.41, 5.74) is 1.99. The highest BCUT2D eigenvalue weighted by Crippen LogP contribution is 2.25. The predicted octanol–water partition coefficient (Wildman–Crippen LogP) is -0.140. The van der Waals surface area contributed by atoms with Gasteiger partial charge < -0.3 is 10.1 Å². The number of ether oxygens (including phenoxy) is 1. The van der Waals surface area contributed by atoms with Crippen LogP contribution in [-0.4, -0.2) is 41.2 Å². The first kappa shape index (κ1) is 15.0. The number of hydrogen-bond acceptors (Lipinski definition) is 7. The van der Waals surface area contributed by atoms with Crippen LogP contribution in [0.15, 0.2) is 12.3 Å². The molecule has 4 N–H and O–H groups in total. The zero-order valence-electron chi connectivity index (χ0n) is 11.9. The Morgan fingerprint density at radius 2 is 2.38 bits per heavy atom. The van der Waals surface area contributed by atoms with Crippen molar-refractivity contribution in [1.29, 1.82) is 0 Å². The van der Waals surface area contributed by atoms with E-state index in [0.717, 1.165) is 0 Å². The first-order valence-electron chi connectivity index (χ1n) is 6.55. The van der Waals surface area contributed by atoms with Crippen LogP contribution in [0.1, 0.15) is 13.8 Å². The fourth-order valence-electron chi connectivity index (χ4n) is 1.97. The molecule has 1 aliphatic heterocycles. The third kappa shape index (κ3) is 3.37. The first-order chi connectivity index (χ1) is 10.0. The summed E-state index contributed by atoms with van der Waals surface area (Å²) in [5.74, 6) is 5.48. The van der Waals surface area contributed by atoms with Gasteiger partial charge in [0.25, 0.3) is 5.91 Å². The van der Waals surface area contributed by atoms with Gasteiger partial charge in [0, 0.05) is 6.20 Å². The normalized spacial score (nSPS) is 17.8. The zero-order valence-corrected chi connectivity index (χ0v) is 11.9. The molecular formula is C12H18N6O3. The van der Waals surface area contributed by atoms with E-state index >= 15 is 0 Å². The number of carbonyl (C=O) groups is 2. The van der Waals surface area contributed by atoms with Crippen molar-refractivity contribution in [3.63, 3.8) is 0 Å². The number of rotatable bonds is 5. The number of anilines is 2. The summed E-state index contributed by atoms with van der Waals surface area (Å²) in [7, 11) is 0. The maximum Gasteiger partial charge on any atom is 0.415 e. The van der Waals surface area contributed by atoms with Gasteiger partial charge in [-0.1, -0.05) is 13.8 Å². The summed E-state index contributed by atoms with van der Waals surface area (Å²) in [6.45, 7) is 4.29. The molecule has 2 amide bonds. The number of hydrogen-bond donors (Lipinski definition) is 3. The second-order valence-electron chi connectivity index (χ2n) is 4.92. The van der Waals surface area contributed by atoms with Gasteiger partial charge in [0.15, 0.2) is 0 Å². The monoisotopic (exact) mass is 294 g/mol. The van der Waals surface area contributed by atoms with Gasteiger partial charge >= 0.3 is 6.09 Å². The number of hydrazine groups is 1. The molecule has 0 aromatic carbocycles. The predicted molar refractivity (Wildman–Crippen MR) is 75.3 cm³/mol. The molecule has 21 heavy (non-hydrogen) atoms. The van der Waals surface area contributed by atoms with Crippen molar-refractivity contribution in [1.82, 2.24) is 15.4 Å². The molecule has 1 fully saturated rings. The largest absolute Gasteiger partial charge is 0.447 e. The van der Waals surface area contributed by atoms with Crippen LogP contribution in [0.4, 0.5) is 16.6 Å². The molecule has 2 rings (SSSR count). The quantitative estimate of drug-likeness (QED) is 0.392. The number of nitrogens with one attached hydrogen (secondary N) is 2. The van der Waals surface area contributed by atoms with E-state index in [4.69, 9.17) is 10.6 Å². The molecule has 0 unspecified atom stereocenters. The third-order valence-corrected chi connectivity index (χ3v) is 3.13. The maximum absolute atomic E-state index is 11.9. The number of nitrogens with two attached hydrogens (primary N) is 1. The van der Waals surface area contributed by atoms with E-state index in [2.05, 4.69) is 15.3 Å². The third-order valence-electron chi connectivity index (χ3n) is 3.13. The Morgan fingerprint density at radius 1 is 1.62 bits per heavy atom. The van der Waals surface area contributed by atoms with Gasteiger partial charge in [0.2, 0.25) is 5.95 Å². The molecule has 114 valence electrons. The molecule has 9 heteroatoms. The number of amides is 2. The van der Waals surface area contributed by atoms with Crippen molar-refractivity contribution in [2.45, 2.75) is 19.9 Å². The van der Waals surface area contributed by atoms with E-state index in [1.165, 1.54) is 11.1 Å². The van der Waals surface area contributed by atoms with E-state index in [9.17, 15) is 9.59 Å². The van der Waals surface area contributed by atoms with Crippen LogP contribution >= 0.6 is 0 Å². The number of cyclic esters (lactones) is 1. The average Bonchev–Trinajstić information content (AvgIpc) is 2.87. The van der Waals surface area contributed by atoms with Crippen molar-refractivity contribution in [3.8, 4) is 0 Å². The molecule has 9 nitrogen and oxygen atoms in total. The fraction of sp³-hybridized carbons (Fsp3) is 0.500. The molecule has 0 radical (unpaired) electrons. The molecule has 1 aromatic rings. The standard InChI is InChI=1S/C12H18N6O3/c1-7(2)8-6-21-12(20)18(8)9-3-4-14-11(16-9)15-5-10(19)17-13/h3-4,7-8H,5-6,13H2,1-2H3,(H,17,19)(H,14,15,16)/t8-/m1/s1. The summed E-state index contributed by atoms with van der Waals surface area (Å²) < 4.78 is 5.07. The lowest BCUT2D eigenvalue weighted by molar-refractivity contribution is -0.119. The Kier molecular flexibility index (Phi) is 4.53. The molecule has 1 atom stereocenters. The van der Waals surface area contributed by atoms with Crippen LogP contribution in [0.3, 0.4) is 0 Å². The second kappa shape index (κ2) is 6.35. The number of carbonyl (C=O) groups excluding carboxylic acids is 2. The summed E-state index contributed by atoms with van der Waals surface area (Å²) in [6, 6.07) is 1.54. The SMILES string of the molecule is CC(C)[C@H]1COC(=O)N1c1ccnc(NCC(=O)NN)n1. The smallest absolute Gasteiger partial charge is 0.415 e. The maximum atomic E-state index is 11.9. The topological polar surface area (TPSA) is 122 Å². The summed E-state index contributed by atoms with van der Waals surface area (Å²) >= 11 is 0. The fourth-order valence-corrected chi connectivity index (χ4v) is 1.97. The van der Waals surface area contributed by atoms with Crippen LogP contribution < -0.4 is 21.5 Å². The Morgan fingerprint density at radius 3 is 3.05 bits per heavy atom. The van der Waals surface area contributed by atoms with Crippen LogP contribution in [0, 0.1) is 5.92 Å². The van der Waals surface area contributed by atoms with E-state index in [-0.39, 0.29) is 24.5 Å². The highest BCUT2D eigenvalue weighted by atomic mass is 16.6. The average molecular weight is 294 g/mol. The summed E-state index contributed by atoms with van der Waals surface area (Å²) in [4.78, 5) is 32.7. The summed E-state index contributed by atoms with van der Waals surface area (Å²) in [5, 5.41) is 2.73.